The van der Waals surface area contributed by atoms with E-state index in [1.165, 1.54) is 31.3 Å². The SMILES string of the molecule is COC(=O)OC[C@@H]1C[C@@H](OC(C)=O)[C@H](n2cnc3nc[nH]c3c2=NC(=O)c2ccccc2)O1. The molecule has 1 aromatic carbocycles. The van der Waals surface area contributed by atoms with Crippen LogP contribution in [0, 0.1) is 0 Å². The normalized spacial score (nSPS) is 20.5. The minimum Gasteiger partial charge on any atom is -0.458 e. The maximum atomic E-state index is 12.8. The zero-order chi connectivity index (χ0) is 23.4. The first kappa shape index (κ1) is 22.1. The van der Waals surface area contributed by atoms with Crippen LogP contribution in [0.3, 0.4) is 0 Å². The molecule has 12 nitrogen and oxygen atoms in total. The number of carbonyl (C=O) groups excluding carboxylic acids is 3. The Kier molecular flexibility index (Phi) is 6.45. The van der Waals surface area contributed by atoms with Crippen LogP contribution in [-0.4, -0.2) is 63.5 Å². The van der Waals surface area contributed by atoms with E-state index in [1.807, 2.05) is 0 Å². The van der Waals surface area contributed by atoms with Crippen LogP contribution in [-0.2, 0) is 23.7 Å². The van der Waals surface area contributed by atoms with E-state index in [0.717, 1.165) is 0 Å². The van der Waals surface area contributed by atoms with E-state index in [0.29, 0.717) is 16.7 Å². The van der Waals surface area contributed by atoms with Crippen molar-refractivity contribution in [3.63, 3.8) is 0 Å². The Hall–Kier alpha value is -4.06. The maximum Gasteiger partial charge on any atom is 0.508 e. The van der Waals surface area contributed by atoms with E-state index in [9.17, 15) is 14.4 Å². The van der Waals surface area contributed by atoms with Gasteiger partial charge in [0.1, 0.15) is 24.6 Å². The second-order valence-electron chi connectivity index (χ2n) is 7.16. The Morgan fingerprint density at radius 2 is 2.03 bits per heavy atom. The predicted octanol–water partition coefficient (Wildman–Crippen LogP) is 1.50. The number of aromatic amines is 1. The van der Waals surface area contributed by atoms with Crippen molar-refractivity contribution >= 4 is 29.2 Å². The monoisotopic (exact) mass is 455 g/mol. The summed E-state index contributed by atoms with van der Waals surface area (Å²) in [5, 5.41) is 0. The molecule has 0 radical (unpaired) electrons. The van der Waals surface area contributed by atoms with Gasteiger partial charge in [0.05, 0.1) is 19.5 Å². The van der Waals surface area contributed by atoms with Gasteiger partial charge in [0.2, 0.25) is 0 Å². The molecule has 1 aliphatic rings. The van der Waals surface area contributed by atoms with Crippen molar-refractivity contribution < 1.29 is 33.3 Å². The first-order valence-electron chi connectivity index (χ1n) is 10.0. The lowest BCUT2D eigenvalue weighted by Crippen LogP contribution is -2.34. The number of hydrogen-bond donors (Lipinski definition) is 1. The van der Waals surface area contributed by atoms with E-state index >= 15 is 0 Å². The van der Waals surface area contributed by atoms with E-state index < -0.39 is 36.5 Å². The van der Waals surface area contributed by atoms with Crippen molar-refractivity contribution in [2.24, 2.45) is 4.99 Å². The highest BCUT2D eigenvalue weighted by molar-refractivity contribution is 5.95. The van der Waals surface area contributed by atoms with E-state index in [2.05, 4.69) is 24.7 Å². The molecule has 0 saturated carbocycles. The van der Waals surface area contributed by atoms with Gasteiger partial charge in [-0.15, -0.1) is 0 Å². The van der Waals surface area contributed by atoms with Gasteiger partial charge in [-0.2, -0.15) is 4.99 Å². The molecule has 1 amide bonds. The van der Waals surface area contributed by atoms with Crippen molar-refractivity contribution in [1.82, 2.24) is 19.5 Å². The van der Waals surface area contributed by atoms with Gasteiger partial charge in [-0.1, -0.05) is 18.2 Å². The van der Waals surface area contributed by atoms with Crippen LogP contribution < -0.4 is 5.49 Å². The third kappa shape index (κ3) is 4.90. The van der Waals surface area contributed by atoms with Crippen molar-refractivity contribution in [2.75, 3.05) is 13.7 Å². The molecule has 172 valence electrons. The predicted molar refractivity (Wildman–Crippen MR) is 111 cm³/mol. The van der Waals surface area contributed by atoms with Crippen molar-refractivity contribution in [3.05, 3.63) is 54.0 Å². The fourth-order valence-electron chi connectivity index (χ4n) is 3.50. The topological polar surface area (TPSA) is 147 Å². The van der Waals surface area contributed by atoms with Crippen LogP contribution in [0.25, 0.3) is 11.2 Å². The Morgan fingerprint density at radius 1 is 1.24 bits per heavy atom. The standard InChI is InChI=1S/C21H21N5O7/c1-12(27)32-15-8-14(9-31-21(29)30-2)33-20(15)26-11-24-17-16(22-10-23-17)18(26)25-19(28)13-6-4-3-5-7-13/h3-7,10-11,14-15,20H,8-9H2,1-2H3,(H,22,23)/t14-,15+,20+/m0/s1. The molecule has 2 aromatic heterocycles. The summed E-state index contributed by atoms with van der Waals surface area (Å²) in [7, 11) is 1.20. The fraction of sp³-hybridized carbons (Fsp3) is 0.333. The van der Waals surface area contributed by atoms with Gasteiger partial charge in [-0.25, -0.2) is 14.8 Å². The molecule has 3 aromatic rings. The first-order chi connectivity index (χ1) is 16.0. The molecule has 1 fully saturated rings. The Morgan fingerprint density at radius 3 is 2.76 bits per heavy atom. The number of H-pyrrole nitrogens is 1. The molecule has 12 heteroatoms. The van der Waals surface area contributed by atoms with Crippen molar-refractivity contribution in [2.45, 2.75) is 31.8 Å². The third-order valence-electron chi connectivity index (χ3n) is 4.91. The quantitative estimate of drug-likeness (QED) is 0.565. The highest BCUT2D eigenvalue weighted by Crippen LogP contribution is 2.31. The van der Waals surface area contributed by atoms with Gasteiger partial charge >= 0.3 is 12.1 Å². The molecule has 4 rings (SSSR count). The summed E-state index contributed by atoms with van der Waals surface area (Å²) in [5.74, 6) is -1.00. The number of nitrogens with one attached hydrogen (secondary N) is 1. The maximum absolute atomic E-state index is 12.8. The first-order valence-corrected chi connectivity index (χ1v) is 10.0. The molecule has 33 heavy (non-hydrogen) atoms. The van der Waals surface area contributed by atoms with Crippen LogP contribution in [0.15, 0.2) is 48.0 Å². The molecule has 0 spiro atoms. The van der Waals surface area contributed by atoms with Crippen LogP contribution in [0.4, 0.5) is 4.79 Å². The summed E-state index contributed by atoms with van der Waals surface area (Å²) in [5.41, 5.74) is 1.34. The Balaban J connectivity index is 1.74. The average molecular weight is 455 g/mol. The summed E-state index contributed by atoms with van der Waals surface area (Å²) >= 11 is 0. The molecule has 1 N–H and O–H groups in total. The summed E-state index contributed by atoms with van der Waals surface area (Å²) in [6.07, 6.45) is -0.0132. The molecule has 0 unspecified atom stereocenters. The number of amides is 1. The lowest BCUT2D eigenvalue weighted by atomic mass is 10.2. The number of ether oxygens (including phenoxy) is 4. The number of esters is 1. The lowest BCUT2D eigenvalue weighted by Gasteiger charge is -2.21. The highest BCUT2D eigenvalue weighted by Gasteiger charge is 2.40. The molecule has 0 bridgehead atoms. The minimum absolute atomic E-state index is 0.114. The van der Waals surface area contributed by atoms with Gasteiger partial charge in [-0.3, -0.25) is 14.2 Å². The molecular weight excluding hydrogens is 434 g/mol. The number of aromatic nitrogens is 4. The number of methoxy groups -OCH3 is 1. The van der Waals surface area contributed by atoms with Gasteiger partial charge in [0, 0.05) is 18.9 Å². The number of imidazole rings is 1. The van der Waals surface area contributed by atoms with E-state index in [-0.39, 0.29) is 18.5 Å². The average Bonchev–Trinajstić information content (AvgIpc) is 3.45. The van der Waals surface area contributed by atoms with Gasteiger partial charge in [0.15, 0.2) is 17.4 Å². The summed E-state index contributed by atoms with van der Waals surface area (Å²) in [6, 6.07) is 8.56. The zero-order valence-corrected chi connectivity index (χ0v) is 17.8. The van der Waals surface area contributed by atoms with E-state index in [4.69, 9.17) is 14.2 Å². The largest absolute Gasteiger partial charge is 0.508 e. The van der Waals surface area contributed by atoms with Gasteiger partial charge in [0.25, 0.3) is 5.91 Å². The summed E-state index contributed by atoms with van der Waals surface area (Å²) in [4.78, 5) is 51.5. The molecule has 0 aliphatic carbocycles. The van der Waals surface area contributed by atoms with Crippen LogP contribution in [0.2, 0.25) is 0 Å². The highest BCUT2D eigenvalue weighted by atomic mass is 16.7. The number of rotatable bonds is 5. The molecular formula is C21H21N5O7. The zero-order valence-electron chi connectivity index (χ0n) is 17.8. The fourth-order valence-corrected chi connectivity index (χ4v) is 3.50. The van der Waals surface area contributed by atoms with Gasteiger partial charge < -0.3 is 23.9 Å². The molecule has 3 heterocycles. The van der Waals surface area contributed by atoms with Crippen LogP contribution in [0.1, 0.15) is 29.9 Å². The van der Waals surface area contributed by atoms with Crippen molar-refractivity contribution in [1.29, 1.82) is 0 Å². The third-order valence-corrected chi connectivity index (χ3v) is 4.91. The van der Waals surface area contributed by atoms with Crippen LogP contribution in [0.5, 0.6) is 0 Å². The minimum atomic E-state index is -0.886. The summed E-state index contributed by atoms with van der Waals surface area (Å²) < 4.78 is 22.4. The Bertz CT molecular complexity index is 1240. The van der Waals surface area contributed by atoms with Crippen molar-refractivity contribution in [3.8, 4) is 0 Å². The number of nitrogens with zero attached hydrogens (tertiary/aromatic N) is 4. The van der Waals surface area contributed by atoms with E-state index in [1.54, 1.807) is 30.3 Å². The number of benzene rings is 1. The molecule has 3 atom stereocenters. The molecule has 1 aliphatic heterocycles. The lowest BCUT2D eigenvalue weighted by molar-refractivity contribution is -0.152. The number of carbonyl (C=O) groups is 3. The summed E-state index contributed by atoms with van der Waals surface area (Å²) in [6.45, 7) is 1.16. The number of fused-ring (bicyclic) bond motifs is 1. The smallest absolute Gasteiger partial charge is 0.458 e. The second kappa shape index (κ2) is 9.61. The number of hydrogen-bond acceptors (Lipinski definition) is 9. The Labute approximate surface area is 187 Å². The van der Waals surface area contributed by atoms with Gasteiger partial charge in [-0.05, 0) is 12.1 Å². The second-order valence-corrected chi connectivity index (χ2v) is 7.16. The molecule has 1 saturated heterocycles. The van der Waals surface area contributed by atoms with Crippen LogP contribution >= 0.6 is 0 Å².